The van der Waals surface area contributed by atoms with Crippen LogP contribution in [0.3, 0.4) is 0 Å². The van der Waals surface area contributed by atoms with Gasteiger partial charge in [0.15, 0.2) is 11.6 Å². The van der Waals surface area contributed by atoms with Crippen LogP contribution in [-0.2, 0) is 6.54 Å². The van der Waals surface area contributed by atoms with E-state index >= 15 is 0 Å². The van der Waals surface area contributed by atoms with Crippen molar-refractivity contribution in [2.24, 2.45) is 11.8 Å². The Morgan fingerprint density at radius 3 is 2.88 bits per heavy atom. The van der Waals surface area contributed by atoms with Gasteiger partial charge in [0.1, 0.15) is 0 Å². The molecule has 0 radical (unpaired) electrons. The molecule has 1 aromatic carbocycles. The van der Waals surface area contributed by atoms with Crippen molar-refractivity contribution < 1.29 is 9.50 Å². The minimum Gasteiger partial charge on any atom is -0.505 e. The number of phenolic OH excluding ortho intramolecular Hbond substituents is 1. The normalized spacial score (nSPS) is 24.1. The Kier molecular flexibility index (Phi) is 4.00. The molecule has 2 rings (SSSR count). The molecule has 94 valence electrons. The van der Waals surface area contributed by atoms with Gasteiger partial charge in [0.25, 0.3) is 0 Å². The van der Waals surface area contributed by atoms with Crippen LogP contribution in [0.25, 0.3) is 0 Å². The number of phenols is 1. The number of hydrogen-bond donors (Lipinski definition) is 2. The van der Waals surface area contributed by atoms with Crippen LogP contribution in [0.4, 0.5) is 4.39 Å². The molecule has 0 aromatic heterocycles. The molecule has 3 heteroatoms. The third-order valence-corrected chi connectivity index (χ3v) is 3.79. The number of halogens is 1. The van der Waals surface area contributed by atoms with Gasteiger partial charge in [-0.1, -0.05) is 25.8 Å². The van der Waals surface area contributed by atoms with E-state index in [-0.39, 0.29) is 5.75 Å². The highest BCUT2D eigenvalue weighted by atomic mass is 19.1. The molecule has 0 spiro atoms. The second-order valence-corrected chi connectivity index (χ2v) is 5.08. The zero-order valence-electron chi connectivity index (χ0n) is 10.2. The summed E-state index contributed by atoms with van der Waals surface area (Å²) in [5.74, 6) is 0.743. The second-order valence-electron chi connectivity index (χ2n) is 5.08. The van der Waals surface area contributed by atoms with Gasteiger partial charge in [-0.2, -0.15) is 0 Å². The molecule has 0 heterocycles. The van der Waals surface area contributed by atoms with E-state index in [2.05, 4.69) is 12.2 Å². The Morgan fingerprint density at radius 2 is 2.24 bits per heavy atom. The van der Waals surface area contributed by atoms with E-state index in [1.807, 2.05) is 0 Å². The van der Waals surface area contributed by atoms with E-state index in [1.165, 1.54) is 31.4 Å². The second kappa shape index (κ2) is 5.50. The lowest BCUT2D eigenvalue weighted by atomic mass is 9.98. The highest BCUT2D eigenvalue weighted by Gasteiger charge is 2.22. The Morgan fingerprint density at radius 1 is 1.41 bits per heavy atom. The lowest BCUT2D eigenvalue weighted by Gasteiger charge is -2.15. The van der Waals surface area contributed by atoms with Crippen LogP contribution in [0.5, 0.6) is 5.75 Å². The van der Waals surface area contributed by atoms with E-state index in [4.69, 9.17) is 5.11 Å². The predicted octanol–water partition coefficient (Wildman–Crippen LogP) is 3.06. The van der Waals surface area contributed by atoms with E-state index in [1.54, 1.807) is 6.07 Å². The summed E-state index contributed by atoms with van der Waals surface area (Å²) < 4.78 is 13.1. The Balaban J connectivity index is 1.79. The zero-order chi connectivity index (χ0) is 12.3. The van der Waals surface area contributed by atoms with E-state index < -0.39 is 5.82 Å². The maximum Gasteiger partial charge on any atom is 0.165 e. The first-order valence-corrected chi connectivity index (χ1v) is 6.35. The number of nitrogens with one attached hydrogen (secondary N) is 1. The fourth-order valence-electron chi connectivity index (χ4n) is 2.59. The topological polar surface area (TPSA) is 32.3 Å². The lowest BCUT2D eigenvalue weighted by molar-refractivity contribution is 0.391. The minimum absolute atomic E-state index is 0.279. The quantitative estimate of drug-likeness (QED) is 0.843. The summed E-state index contributed by atoms with van der Waals surface area (Å²) in [7, 11) is 0. The first-order valence-electron chi connectivity index (χ1n) is 6.35. The molecule has 2 nitrogen and oxygen atoms in total. The van der Waals surface area contributed by atoms with Crippen molar-refractivity contribution in [3.63, 3.8) is 0 Å². The van der Waals surface area contributed by atoms with Crippen molar-refractivity contribution in [1.29, 1.82) is 0 Å². The summed E-state index contributed by atoms with van der Waals surface area (Å²) in [5, 5.41) is 12.5. The summed E-state index contributed by atoms with van der Waals surface area (Å²) in [5.41, 5.74) is 0.881. The monoisotopic (exact) mass is 237 g/mol. The molecule has 2 N–H and O–H groups in total. The van der Waals surface area contributed by atoms with Gasteiger partial charge in [0, 0.05) is 6.54 Å². The fraction of sp³-hybridized carbons (Fsp3) is 0.571. The van der Waals surface area contributed by atoms with Gasteiger partial charge in [0.2, 0.25) is 0 Å². The van der Waals surface area contributed by atoms with Gasteiger partial charge in [-0.05, 0) is 42.5 Å². The van der Waals surface area contributed by atoms with E-state index in [0.29, 0.717) is 6.54 Å². The average molecular weight is 237 g/mol. The Hall–Kier alpha value is -1.09. The zero-order valence-corrected chi connectivity index (χ0v) is 10.2. The lowest BCUT2D eigenvalue weighted by Crippen LogP contribution is -2.23. The standard InChI is InChI=1S/C14H20FNO/c1-10-3-2-4-12(10)9-16-8-11-5-6-14(17)13(15)7-11/h5-7,10,12,16-17H,2-4,8-9H2,1H3. The highest BCUT2D eigenvalue weighted by molar-refractivity contribution is 5.27. The van der Waals surface area contributed by atoms with E-state index in [9.17, 15) is 4.39 Å². The van der Waals surface area contributed by atoms with Crippen molar-refractivity contribution in [3.05, 3.63) is 29.6 Å². The average Bonchev–Trinajstić information content (AvgIpc) is 2.70. The van der Waals surface area contributed by atoms with Crippen LogP contribution in [-0.4, -0.2) is 11.7 Å². The largest absolute Gasteiger partial charge is 0.505 e. The van der Waals surface area contributed by atoms with Gasteiger partial charge in [-0.3, -0.25) is 0 Å². The first-order chi connectivity index (χ1) is 8.16. The SMILES string of the molecule is CC1CCCC1CNCc1ccc(O)c(F)c1. The molecule has 0 amide bonds. The van der Waals surface area contributed by atoms with Crippen LogP contribution in [0, 0.1) is 17.7 Å². The molecular formula is C14H20FNO. The van der Waals surface area contributed by atoms with Gasteiger partial charge < -0.3 is 10.4 Å². The van der Waals surface area contributed by atoms with Gasteiger partial charge in [-0.15, -0.1) is 0 Å². The summed E-state index contributed by atoms with van der Waals surface area (Å²) in [6, 6.07) is 4.55. The van der Waals surface area contributed by atoms with Crippen molar-refractivity contribution in [1.82, 2.24) is 5.32 Å². The van der Waals surface area contributed by atoms with Crippen LogP contribution in [0.15, 0.2) is 18.2 Å². The molecule has 1 aromatic rings. The third-order valence-electron chi connectivity index (χ3n) is 3.79. The molecule has 1 saturated carbocycles. The van der Waals surface area contributed by atoms with Gasteiger partial charge in [0.05, 0.1) is 0 Å². The van der Waals surface area contributed by atoms with E-state index in [0.717, 1.165) is 23.9 Å². The molecule has 0 bridgehead atoms. The molecule has 1 fully saturated rings. The van der Waals surface area contributed by atoms with Crippen molar-refractivity contribution in [3.8, 4) is 5.75 Å². The maximum atomic E-state index is 13.1. The summed E-state index contributed by atoms with van der Waals surface area (Å²) in [6.07, 6.45) is 3.97. The predicted molar refractivity (Wildman–Crippen MR) is 66.3 cm³/mol. The first kappa shape index (κ1) is 12.4. The molecule has 2 unspecified atom stereocenters. The molecule has 0 saturated heterocycles. The minimum atomic E-state index is -0.543. The van der Waals surface area contributed by atoms with Crippen LogP contribution in [0.1, 0.15) is 31.7 Å². The Bertz CT molecular complexity index is 380. The summed E-state index contributed by atoms with van der Waals surface area (Å²) in [4.78, 5) is 0. The van der Waals surface area contributed by atoms with Crippen LogP contribution in [0.2, 0.25) is 0 Å². The highest BCUT2D eigenvalue weighted by Crippen LogP contribution is 2.30. The third kappa shape index (κ3) is 3.19. The molecule has 17 heavy (non-hydrogen) atoms. The van der Waals surface area contributed by atoms with Crippen molar-refractivity contribution in [2.45, 2.75) is 32.7 Å². The number of hydrogen-bond acceptors (Lipinski definition) is 2. The maximum absolute atomic E-state index is 13.1. The smallest absolute Gasteiger partial charge is 0.165 e. The van der Waals surface area contributed by atoms with Gasteiger partial charge >= 0.3 is 0 Å². The van der Waals surface area contributed by atoms with Crippen LogP contribution >= 0.6 is 0 Å². The number of rotatable bonds is 4. The number of benzene rings is 1. The molecule has 1 aliphatic rings. The molecule has 2 atom stereocenters. The van der Waals surface area contributed by atoms with Crippen molar-refractivity contribution >= 4 is 0 Å². The number of aromatic hydroxyl groups is 1. The van der Waals surface area contributed by atoms with Crippen LogP contribution < -0.4 is 5.32 Å². The Labute approximate surface area is 102 Å². The summed E-state index contributed by atoms with van der Waals surface area (Å²) in [6.45, 7) is 3.98. The molecule has 1 aliphatic carbocycles. The van der Waals surface area contributed by atoms with Crippen molar-refractivity contribution in [2.75, 3.05) is 6.54 Å². The molecular weight excluding hydrogens is 217 g/mol. The van der Waals surface area contributed by atoms with Gasteiger partial charge in [-0.25, -0.2) is 4.39 Å². The summed E-state index contributed by atoms with van der Waals surface area (Å²) >= 11 is 0. The molecule has 0 aliphatic heterocycles. The fourth-order valence-corrected chi connectivity index (χ4v) is 2.59.